The molecular weight excluding hydrogens is 236 g/mol. The number of hydrogen-bond acceptors (Lipinski definition) is 4. The van der Waals surface area contributed by atoms with Crippen LogP contribution >= 0.6 is 11.6 Å². The van der Waals surface area contributed by atoms with E-state index in [1.54, 1.807) is 6.20 Å². The third kappa shape index (κ3) is 2.54. The Kier molecular flexibility index (Phi) is 3.86. The fourth-order valence-electron chi connectivity index (χ4n) is 2.09. The molecule has 94 valence electrons. The Labute approximate surface area is 107 Å². The van der Waals surface area contributed by atoms with E-state index in [4.69, 9.17) is 17.3 Å². The summed E-state index contributed by atoms with van der Waals surface area (Å²) in [6, 6.07) is 2.40. The molecule has 0 spiro atoms. The fourth-order valence-corrected chi connectivity index (χ4v) is 2.40. The molecule has 2 N–H and O–H groups in total. The van der Waals surface area contributed by atoms with E-state index < -0.39 is 0 Å². The van der Waals surface area contributed by atoms with Gasteiger partial charge in [-0.2, -0.15) is 0 Å². The summed E-state index contributed by atoms with van der Waals surface area (Å²) < 4.78 is 0. The molecule has 0 saturated carbocycles. The number of halogens is 1. The van der Waals surface area contributed by atoms with Gasteiger partial charge in [0, 0.05) is 38.4 Å². The number of aromatic nitrogens is 1. The van der Waals surface area contributed by atoms with Crippen LogP contribution in [0.4, 0.5) is 5.82 Å². The average molecular weight is 255 g/mol. The van der Waals surface area contributed by atoms with E-state index in [1.807, 2.05) is 6.07 Å². The van der Waals surface area contributed by atoms with Gasteiger partial charge in [0.05, 0.1) is 5.02 Å². The van der Waals surface area contributed by atoms with Gasteiger partial charge in [0.2, 0.25) is 0 Å². The summed E-state index contributed by atoms with van der Waals surface area (Å²) in [5, 5.41) is 0.701. The molecule has 2 heterocycles. The lowest BCUT2D eigenvalue weighted by atomic mass is 10.2. The first kappa shape index (κ1) is 12.6. The number of nitrogens with zero attached hydrogens (tertiary/aromatic N) is 3. The Morgan fingerprint density at radius 1 is 1.53 bits per heavy atom. The van der Waals surface area contributed by atoms with Gasteiger partial charge in [-0.15, -0.1) is 0 Å². The molecule has 1 aliphatic heterocycles. The molecule has 0 amide bonds. The van der Waals surface area contributed by atoms with Crippen LogP contribution in [0.1, 0.15) is 12.5 Å². The Morgan fingerprint density at radius 2 is 2.29 bits per heavy atom. The zero-order valence-electron chi connectivity index (χ0n) is 10.4. The molecule has 1 fully saturated rings. The highest BCUT2D eigenvalue weighted by Gasteiger charge is 2.23. The number of piperazine rings is 1. The molecule has 5 heteroatoms. The molecule has 17 heavy (non-hydrogen) atoms. The largest absolute Gasteiger partial charge is 0.353 e. The Bertz CT molecular complexity index is 396. The normalized spacial score (nSPS) is 21.9. The van der Waals surface area contributed by atoms with Crippen LogP contribution < -0.4 is 10.6 Å². The summed E-state index contributed by atoms with van der Waals surface area (Å²) >= 11 is 6.33. The number of nitrogens with two attached hydrogens (primary N) is 1. The number of anilines is 1. The summed E-state index contributed by atoms with van der Waals surface area (Å²) in [7, 11) is 2.15. The molecule has 0 bridgehead atoms. The minimum Gasteiger partial charge on any atom is -0.353 e. The van der Waals surface area contributed by atoms with E-state index in [1.165, 1.54) is 0 Å². The van der Waals surface area contributed by atoms with Gasteiger partial charge >= 0.3 is 0 Å². The first-order chi connectivity index (χ1) is 8.13. The average Bonchev–Trinajstić information content (AvgIpc) is 2.33. The molecule has 0 aromatic carbocycles. The lowest BCUT2D eigenvalue weighted by molar-refractivity contribution is 0.233. The third-order valence-electron chi connectivity index (χ3n) is 3.43. The van der Waals surface area contributed by atoms with Crippen molar-refractivity contribution in [2.45, 2.75) is 19.5 Å². The zero-order valence-corrected chi connectivity index (χ0v) is 11.1. The Balaban J connectivity index is 2.23. The maximum Gasteiger partial charge on any atom is 0.147 e. The molecule has 1 saturated heterocycles. The molecule has 4 nitrogen and oxygen atoms in total. The minimum atomic E-state index is 0.456. The van der Waals surface area contributed by atoms with Gasteiger partial charge in [-0.1, -0.05) is 11.6 Å². The van der Waals surface area contributed by atoms with Crippen LogP contribution in [0.15, 0.2) is 12.3 Å². The molecule has 1 unspecified atom stereocenters. The van der Waals surface area contributed by atoms with Crippen molar-refractivity contribution in [1.82, 2.24) is 9.88 Å². The fraction of sp³-hybridized carbons (Fsp3) is 0.583. The first-order valence-electron chi connectivity index (χ1n) is 5.92. The zero-order chi connectivity index (χ0) is 12.4. The highest BCUT2D eigenvalue weighted by Crippen LogP contribution is 2.28. The van der Waals surface area contributed by atoms with Crippen molar-refractivity contribution in [2.75, 3.05) is 31.6 Å². The van der Waals surface area contributed by atoms with Gasteiger partial charge in [-0.05, 0) is 25.6 Å². The molecule has 1 aliphatic rings. The molecule has 0 aliphatic carbocycles. The van der Waals surface area contributed by atoms with Crippen LogP contribution in [0.2, 0.25) is 5.02 Å². The second kappa shape index (κ2) is 5.21. The van der Waals surface area contributed by atoms with Crippen molar-refractivity contribution >= 4 is 17.4 Å². The molecule has 2 rings (SSSR count). The van der Waals surface area contributed by atoms with E-state index in [0.29, 0.717) is 17.6 Å². The van der Waals surface area contributed by atoms with Gasteiger partial charge in [0.25, 0.3) is 0 Å². The van der Waals surface area contributed by atoms with Crippen LogP contribution in [0.5, 0.6) is 0 Å². The summed E-state index contributed by atoms with van der Waals surface area (Å²) in [6.45, 7) is 5.62. The third-order valence-corrected chi connectivity index (χ3v) is 3.84. The summed E-state index contributed by atoms with van der Waals surface area (Å²) in [5.41, 5.74) is 6.62. The number of rotatable bonds is 2. The van der Waals surface area contributed by atoms with E-state index >= 15 is 0 Å². The van der Waals surface area contributed by atoms with Crippen LogP contribution in [0, 0.1) is 0 Å². The second-order valence-electron chi connectivity index (χ2n) is 4.59. The van der Waals surface area contributed by atoms with E-state index in [-0.39, 0.29) is 0 Å². The monoisotopic (exact) mass is 254 g/mol. The van der Waals surface area contributed by atoms with Gasteiger partial charge in [0.15, 0.2) is 0 Å². The molecule has 0 radical (unpaired) electrons. The lowest BCUT2D eigenvalue weighted by Crippen LogP contribution is -2.50. The number of hydrogen-bond donors (Lipinski definition) is 1. The van der Waals surface area contributed by atoms with Crippen molar-refractivity contribution < 1.29 is 0 Å². The molecule has 1 atom stereocenters. The predicted octanol–water partition coefficient (Wildman–Crippen LogP) is 1.33. The molecule has 1 aromatic heterocycles. The van der Waals surface area contributed by atoms with Crippen LogP contribution in [0.3, 0.4) is 0 Å². The van der Waals surface area contributed by atoms with Crippen molar-refractivity contribution in [3.05, 3.63) is 22.8 Å². The second-order valence-corrected chi connectivity index (χ2v) is 4.97. The van der Waals surface area contributed by atoms with Crippen LogP contribution in [-0.4, -0.2) is 42.6 Å². The van der Waals surface area contributed by atoms with Crippen molar-refractivity contribution in [2.24, 2.45) is 5.73 Å². The minimum absolute atomic E-state index is 0.456. The Morgan fingerprint density at radius 3 is 2.94 bits per heavy atom. The summed E-state index contributed by atoms with van der Waals surface area (Å²) in [6.07, 6.45) is 1.78. The maximum absolute atomic E-state index is 6.33. The van der Waals surface area contributed by atoms with E-state index in [9.17, 15) is 0 Å². The van der Waals surface area contributed by atoms with Gasteiger partial charge < -0.3 is 15.5 Å². The van der Waals surface area contributed by atoms with Crippen LogP contribution in [0.25, 0.3) is 0 Å². The SMILES string of the molecule is CC1CN(c2nccc(CN)c2Cl)CCN1C. The van der Waals surface area contributed by atoms with Crippen molar-refractivity contribution in [3.8, 4) is 0 Å². The lowest BCUT2D eigenvalue weighted by Gasteiger charge is -2.38. The van der Waals surface area contributed by atoms with Crippen molar-refractivity contribution in [1.29, 1.82) is 0 Å². The summed E-state index contributed by atoms with van der Waals surface area (Å²) in [5.74, 6) is 0.870. The van der Waals surface area contributed by atoms with Crippen molar-refractivity contribution in [3.63, 3.8) is 0 Å². The summed E-state index contributed by atoms with van der Waals surface area (Å²) in [4.78, 5) is 8.98. The quantitative estimate of drug-likeness (QED) is 0.865. The smallest absolute Gasteiger partial charge is 0.147 e. The highest BCUT2D eigenvalue weighted by atomic mass is 35.5. The Hall–Kier alpha value is -0.840. The van der Waals surface area contributed by atoms with Gasteiger partial charge in [-0.3, -0.25) is 0 Å². The predicted molar refractivity (Wildman–Crippen MR) is 71.4 cm³/mol. The number of pyridine rings is 1. The van der Waals surface area contributed by atoms with Gasteiger partial charge in [0.1, 0.15) is 5.82 Å². The standard InChI is InChI=1S/C12H19ClN4/c1-9-8-17(6-5-16(9)2)12-11(13)10(7-14)3-4-15-12/h3-4,9H,5-8,14H2,1-2H3. The van der Waals surface area contributed by atoms with Crippen LogP contribution in [-0.2, 0) is 6.54 Å². The number of likely N-dealkylation sites (N-methyl/N-ethyl adjacent to an activating group) is 1. The van der Waals surface area contributed by atoms with E-state index in [0.717, 1.165) is 31.0 Å². The first-order valence-corrected chi connectivity index (χ1v) is 6.30. The highest BCUT2D eigenvalue weighted by molar-refractivity contribution is 6.33. The van der Waals surface area contributed by atoms with E-state index in [2.05, 4.69) is 28.8 Å². The molecular formula is C12H19ClN4. The molecule has 1 aromatic rings. The topological polar surface area (TPSA) is 45.4 Å². The maximum atomic E-state index is 6.33. The van der Waals surface area contributed by atoms with Gasteiger partial charge in [-0.25, -0.2) is 4.98 Å².